The maximum absolute atomic E-state index is 13.0. The largest absolute Gasteiger partial charge is 0.416 e. The molecule has 1 aromatic rings. The summed E-state index contributed by atoms with van der Waals surface area (Å²) in [6.45, 7) is 5.34. The molecule has 2 heterocycles. The van der Waals surface area contributed by atoms with Crippen LogP contribution >= 0.6 is 12.4 Å². The number of fused-ring (bicyclic) bond motifs is 1. The number of carbonyl (C=O) groups excluding carboxylic acids is 1. The first-order valence-electron chi connectivity index (χ1n) is 7.82. The van der Waals surface area contributed by atoms with Gasteiger partial charge in [0, 0.05) is 51.4 Å². The van der Waals surface area contributed by atoms with Crippen LogP contribution in [0.4, 0.5) is 18.9 Å². The molecule has 0 aliphatic carbocycles. The number of anilines is 1. The molecule has 4 nitrogen and oxygen atoms in total. The average molecular weight is 364 g/mol. The van der Waals surface area contributed by atoms with E-state index in [-0.39, 0.29) is 24.4 Å². The van der Waals surface area contributed by atoms with Crippen molar-refractivity contribution in [3.8, 4) is 0 Å². The predicted octanol–water partition coefficient (Wildman–Crippen LogP) is 2.83. The molecule has 1 unspecified atom stereocenters. The van der Waals surface area contributed by atoms with Gasteiger partial charge in [-0.05, 0) is 24.1 Å². The maximum Gasteiger partial charge on any atom is 0.416 e. The fourth-order valence-corrected chi connectivity index (χ4v) is 3.46. The first-order chi connectivity index (χ1) is 10.9. The second kappa shape index (κ2) is 7.29. The predicted molar refractivity (Wildman–Crippen MR) is 88.5 cm³/mol. The quantitative estimate of drug-likeness (QED) is 0.833. The monoisotopic (exact) mass is 363 g/mol. The summed E-state index contributed by atoms with van der Waals surface area (Å²) in [6.07, 6.45) is -3.66. The topological polar surface area (TPSA) is 35.6 Å². The van der Waals surface area contributed by atoms with Crippen LogP contribution < -0.4 is 10.2 Å². The molecule has 0 bridgehead atoms. The standard InChI is InChI=1S/C16H20F3N3O.ClH/c1-11(23)22-7-4-14(21-8-5-20-6-9-21)13-3-2-12(10-15(13)22)16(17,18)19;/h2-3,10,14,20H,4-9H2,1H3;1H. The molecule has 1 saturated heterocycles. The van der Waals surface area contributed by atoms with E-state index in [4.69, 9.17) is 0 Å². The summed E-state index contributed by atoms with van der Waals surface area (Å²) in [5.74, 6) is -0.218. The van der Waals surface area contributed by atoms with Crippen LogP contribution in [0.15, 0.2) is 18.2 Å². The molecular weight excluding hydrogens is 343 g/mol. The highest BCUT2D eigenvalue weighted by molar-refractivity contribution is 5.93. The van der Waals surface area contributed by atoms with Gasteiger partial charge in [-0.2, -0.15) is 13.2 Å². The third kappa shape index (κ3) is 3.68. The van der Waals surface area contributed by atoms with Crippen molar-refractivity contribution in [2.24, 2.45) is 0 Å². The van der Waals surface area contributed by atoms with E-state index >= 15 is 0 Å². The van der Waals surface area contributed by atoms with Gasteiger partial charge in [0.2, 0.25) is 5.91 Å². The van der Waals surface area contributed by atoms with Gasteiger partial charge < -0.3 is 10.2 Å². The lowest BCUT2D eigenvalue weighted by Gasteiger charge is -2.41. The van der Waals surface area contributed by atoms with Gasteiger partial charge >= 0.3 is 6.18 Å². The normalized spacial score (nSPS) is 21.8. The lowest BCUT2D eigenvalue weighted by atomic mass is 9.93. The van der Waals surface area contributed by atoms with E-state index in [1.54, 1.807) is 6.07 Å². The van der Waals surface area contributed by atoms with Crippen LogP contribution in [0.3, 0.4) is 0 Å². The molecule has 24 heavy (non-hydrogen) atoms. The van der Waals surface area contributed by atoms with Crippen LogP contribution in [0.25, 0.3) is 0 Å². The summed E-state index contributed by atoms with van der Waals surface area (Å²) >= 11 is 0. The van der Waals surface area contributed by atoms with E-state index in [1.165, 1.54) is 11.8 Å². The Labute approximate surface area is 145 Å². The highest BCUT2D eigenvalue weighted by Crippen LogP contribution is 2.41. The number of alkyl halides is 3. The van der Waals surface area contributed by atoms with Gasteiger partial charge in [0.15, 0.2) is 0 Å². The number of amides is 1. The van der Waals surface area contributed by atoms with Gasteiger partial charge in [0.1, 0.15) is 0 Å². The van der Waals surface area contributed by atoms with Crippen LogP contribution in [-0.4, -0.2) is 43.5 Å². The molecule has 0 spiro atoms. The van der Waals surface area contributed by atoms with Gasteiger partial charge in [-0.25, -0.2) is 0 Å². The Bertz CT molecular complexity index is 603. The maximum atomic E-state index is 13.0. The summed E-state index contributed by atoms with van der Waals surface area (Å²) < 4.78 is 39.0. The van der Waals surface area contributed by atoms with Crippen LogP contribution in [-0.2, 0) is 11.0 Å². The van der Waals surface area contributed by atoms with E-state index in [0.29, 0.717) is 12.2 Å². The second-order valence-electron chi connectivity index (χ2n) is 6.03. The number of halogens is 4. The highest BCUT2D eigenvalue weighted by Gasteiger charge is 2.36. The molecule has 1 fully saturated rings. The minimum absolute atomic E-state index is 0. The molecular formula is C16H21ClF3N3O. The average Bonchev–Trinajstić information content (AvgIpc) is 2.53. The van der Waals surface area contributed by atoms with Gasteiger partial charge in [-0.15, -0.1) is 12.4 Å². The Balaban J connectivity index is 0.00000208. The van der Waals surface area contributed by atoms with Crippen molar-refractivity contribution >= 4 is 24.0 Å². The third-order valence-corrected chi connectivity index (χ3v) is 4.61. The molecule has 134 valence electrons. The lowest BCUT2D eigenvalue weighted by molar-refractivity contribution is -0.137. The molecule has 3 rings (SSSR count). The number of carbonyl (C=O) groups is 1. The van der Waals surface area contributed by atoms with E-state index < -0.39 is 11.7 Å². The van der Waals surface area contributed by atoms with Crippen LogP contribution in [0.2, 0.25) is 0 Å². The molecule has 1 N–H and O–H groups in total. The molecule has 8 heteroatoms. The van der Waals surface area contributed by atoms with E-state index in [2.05, 4.69) is 10.2 Å². The first kappa shape index (κ1) is 19.0. The Morgan fingerprint density at radius 2 is 1.88 bits per heavy atom. The van der Waals surface area contributed by atoms with Crippen molar-refractivity contribution in [2.75, 3.05) is 37.6 Å². The minimum atomic E-state index is -4.40. The molecule has 2 aliphatic rings. The summed E-state index contributed by atoms with van der Waals surface area (Å²) in [6, 6.07) is 3.85. The van der Waals surface area contributed by atoms with Crippen LogP contribution in [0.1, 0.15) is 30.5 Å². The number of hydrogen-bond acceptors (Lipinski definition) is 3. The zero-order valence-electron chi connectivity index (χ0n) is 13.4. The van der Waals surface area contributed by atoms with Gasteiger partial charge in [0.25, 0.3) is 0 Å². The van der Waals surface area contributed by atoms with E-state index in [0.717, 1.165) is 50.3 Å². The van der Waals surface area contributed by atoms with Crippen LogP contribution in [0.5, 0.6) is 0 Å². The smallest absolute Gasteiger partial charge is 0.314 e. The summed E-state index contributed by atoms with van der Waals surface area (Å²) in [7, 11) is 0. The van der Waals surface area contributed by atoms with Crippen molar-refractivity contribution in [2.45, 2.75) is 25.6 Å². The minimum Gasteiger partial charge on any atom is -0.314 e. The Morgan fingerprint density at radius 1 is 1.21 bits per heavy atom. The van der Waals surface area contributed by atoms with Gasteiger partial charge in [0.05, 0.1) is 5.56 Å². The molecule has 0 saturated carbocycles. The zero-order valence-corrected chi connectivity index (χ0v) is 14.2. The van der Waals surface area contributed by atoms with Crippen molar-refractivity contribution in [3.05, 3.63) is 29.3 Å². The fourth-order valence-electron chi connectivity index (χ4n) is 3.46. The number of rotatable bonds is 1. The molecule has 0 aromatic heterocycles. The fraction of sp³-hybridized carbons (Fsp3) is 0.562. The van der Waals surface area contributed by atoms with Crippen molar-refractivity contribution in [1.29, 1.82) is 0 Å². The van der Waals surface area contributed by atoms with E-state index in [9.17, 15) is 18.0 Å². The number of hydrogen-bond donors (Lipinski definition) is 1. The Morgan fingerprint density at radius 3 is 2.46 bits per heavy atom. The van der Waals surface area contributed by atoms with Crippen molar-refractivity contribution < 1.29 is 18.0 Å². The zero-order chi connectivity index (χ0) is 16.6. The summed E-state index contributed by atoms with van der Waals surface area (Å²) in [5, 5.41) is 3.28. The summed E-state index contributed by atoms with van der Waals surface area (Å²) in [5.41, 5.74) is 0.520. The molecule has 1 amide bonds. The Hall–Kier alpha value is -1.31. The number of nitrogens with zero attached hydrogens (tertiary/aromatic N) is 2. The number of benzene rings is 1. The number of piperazine rings is 1. The molecule has 0 radical (unpaired) electrons. The lowest BCUT2D eigenvalue weighted by Crippen LogP contribution is -2.48. The number of nitrogens with one attached hydrogen (secondary N) is 1. The highest BCUT2D eigenvalue weighted by atomic mass is 35.5. The van der Waals surface area contributed by atoms with Crippen molar-refractivity contribution in [1.82, 2.24) is 10.2 Å². The SMILES string of the molecule is CC(=O)N1CCC(N2CCNCC2)c2ccc(C(F)(F)F)cc21.Cl. The summed E-state index contributed by atoms with van der Waals surface area (Å²) in [4.78, 5) is 15.6. The van der Waals surface area contributed by atoms with Gasteiger partial charge in [-0.3, -0.25) is 9.69 Å². The molecule has 2 aliphatic heterocycles. The Kier molecular flexibility index (Phi) is 5.78. The van der Waals surface area contributed by atoms with Crippen molar-refractivity contribution in [3.63, 3.8) is 0 Å². The third-order valence-electron chi connectivity index (χ3n) is 4.61. The van der Waals surface area contributed by atoms with Gasteiger partial charge in [-0.1, -0.05) is 6.07 Å². The molecule has 1 atom stereocenters. The van der Waals surface area contributed by atoms with Crippen LogP contribution in [0, 0.1) is 0 Å². The second-order valence-corrected chi connectivity index (χ2v) is 6.03. The van der Waals surface area contributed by atoms with E-state index in [1.807, 2.05) is 0 Å². The molecule has 1 aromatic carbocycles. The first-order valence-corrected chi connectivity index (χ1v) is 7.82.